The molecule has 0 aliphatic rings. The number of rotatable bonds is 3. The quantitative estimate of drug-likeness (QED) is 0.802. The van der Waals surface area contributed by atoms with E-state index in [0.29, 0.717) is 11.3 Å². The van der Waals surface area contributed by atoms with Crippen LogP contribution in [0, 0.1) is 18.3 Å². The van der Waals surface area contributed by atoms with E-state index in [1.54, 1.807) is 24.7 Å². The standard InChI is InChI=1S/C19H18N4O/c1-13-11-21-12-23(13)19(2,3)18(24)22-17-9-8-14(10-20)15-6-4-5-7-16(15)17/h4-9,11-12H,1-3H3,(H,22,24). The molecule has 3 aromatic rings. The van der Waals surface area contributed by atoms with Crippen LogP contribution >= 0.6 is 0 Å². The van der Waals surface area contributed by atoms with Crippen molar-refractivity contribution >= 4 is 22.4 Å². The molecule has 1 aromatic heterocycles. The molecule has 2 aromatic carbocycles. The number of carbonyl (C=O) groups excluding carboxylic acids is 1. The first-order valence-corrected chi connectivity index (χ1v) is 7.68. The fraction of sp³-hybridized carbons (Fsp3) is 0.211. The van der Waals surface area contributed by atoms with E-state index in [2.05, 4.69) is 16.4 Å². The molecule has 24 heavy (non-hydrogen) atoms. The first kappa shape index (κ1) is 15.8. The van der Waals surface area contributed by atoms with E-state index in [9.17, 15) is 10.1 Å². The van der Waals surface area contributed by atoms with Gasteiger partial charge in [-0.2, -0.15) is 5.26 Å². The van der Waals surface area contributed by atoms with Gasteiger partial charge in [-0.15, -0.1) is 0 Å². The van der Waals surface area contributed by atoms with E-state index in [1.807, 2.05) is 49.6 Å². The van der Waals surface area contributed by atoms with E-state index in [0.717, 1.165) is 16.5 Å². The number of hydrogen-bond acceptors (Lipinski definition) is 3. The van der Waals surface area contributed by atoms with Gasteiger partial charge in [0.15, 0.2) is 0 Å². The Hall–Kier alpha value is -3.13. The molecule has 1 N–H and O–H groups in total. The number of carbonyl (C=O) groups is 1. The van der Waals surface area contributed by atoms with Crippen molar-refractivity contribution in [1.82, 2.24) is 9.55 Å². The van der Waals surface area contributed by atoms with Gasteiger partial charge in [-0.25, -0.2) is 4.98 Å². The molecule has 0 saturated heterocycles. The number of benzene rings is 2. The molecule has 0 fully saturated rings. The Labute approximate surface area is 140 Å². The van der Waals surface area contributed by atoms with Crippen molar-refractivity contribution in [2.75, 3.05) is 5.32 Å². The lowest BCUT2D eigenvalue weighted by molar-refractivity contribution is -0.123. The summed E-state index contributed by atoms with van der Waals surface area (Å²) in [6.45, 7) is 5.62. The average Bonchev–Trinajstić information content (AvgIpc) is 3.02. The van der Waals surface area contributed by atoms with E-state index in [4.69, 9.17) is 0 Å². The molecule has 5 nitrogen and oxygen atoms in total. The van der Waals surface area contributed by atoms with Crippen LogP contribution in [0.15, 0.2) is 48.9 Å². The van der Waals surface area contributed by atoms with Crippen molar-refractivity contribution in [2.24, 2.45) is 0 Å². The summed E-state index contributed by atoms with van der Waals surface area (Å²) in [6, 6.07) is 13.3. The topological polar surface area (TPSA) is 70.7 Å². The minimum atomic E-state index is -0.782. The Kier molecular flexibility index (Phi) is 3.82. The van der Waals surface area contributed by atoms with Crippen LogP contribution in [-0.4, -0.2) is 15.5 Å². The molecule has 120 valence electrons. The van der Waals surface area contributed by atoms with Crippen molar-refractivity contribution in [3.05, 3.63) is 60.2 Å². The van der Waals surface area contributed by atoms with Crippen LogP contribution in [0.3, 0.4) is 0 Å². The number of aryl methyl sites for hydroxylation is 1. The van der Waals surface area contributed by atoms with Crippen molar-refractivity contribution in [1.29, 1.82) is 5.26 Å². The molecule has 0 unspecified atom stereocenters. The third-order valence-electron chi connectivity index (χ3n) is 4.27. The summed E-state index contributed by atoms with van der Waals surface area (Å²) >= 11 is 0. The van der Waals surface area contributed by atoms with Crippen molar-refractivity contribution in [3.8, 4) is 6.07 Å². The summed E-state index contributed by atoms with van der Waals surface area (Å²) in [5.41, 5.74) is 1.42. The van der Waals surface area contributed by atoms with Crippen LogP contribution in [-0.2, 0) is 10.3 Å². The highest BCUT2D eigenvalue weighted by Gasteiger charge is 2.30. The van der Waals surface area contributed by atoms with Crippen LogP contribution in [0.5, 0.6) is 0 Å². The van der Waals surface area contributed by atoms with Crippen molar-refractivity contribution in [3.63, 3.8) is 0 Å². The third kappa shape index (κ3) is 2.52. The zero-order chi connectivity index (χ0) is 17.3. The predicted octanol–water partition coefficient (Wildman–Crippen LogP) is 3.59. The van der Waals surface area contributed by atoms with Gasteiger partial charge < -0.3 is 9.88 Å². The fourth-order valence-corrected chi connectivity index (χ4v) is 2.84. The summed E-state index contributed by atoms with van der Waals surface area (Å²) < 4.78 is 1.84. The van der Waals surface area contributed by atoms with Gasteiger partial charge in [0.2, 0.25) is 5.91 Å². The van der Waals surface area contributed by atoms with E-state index in [1.165, 1.54) is 0 Å². The number of amides is 1. The van der Waals surface area contributed by atoms with Crippen LogP contribution in [0.1, 0.15) is 25.1 Å². The fourth-order valence-electron chi connectivity index (χ4n) is 2.84. The Bertz CT molecular complexity index is 963. The summed E-state index contributed by atoms with van der Waals surface area (Å²) in [5.74, 6) is -0.140. The van der Waals surface area contributed by atoms with Gasteiger partial charge in [0.05, 0.1) is 18.0 Å². The van der Waals surface area contributed by atoms with Gasteiger partial charge in [-0.05, 0) is 32.9 Å². The monoisotopic (exact) mass is 318 g/mol. The molecule has 0 bridgehead atoms. The zero-order valence-corrected chi connectivity index (χ0v) is 13.9. The van der Waals surface area contributed by atoms with Crippen LogP contribution in [0.4, 0.5) is 5.69 Å². The molecule has 0 saturated carbocycles. The molecule has 0 aliphatic carbocycles. The minimum absolute atomic E-state index is 0.140. The number of hydrogen-bond donors (Lipinski definition) is 1. The largest absolute Gasteiger partial charge is 0.323 e. The first-order valence-electron chi connectivity index (χ1n) is 7.68. The second-order valence-electron chi connectivity index (χ2n) is 6.24. The maximum Gasteiger partial charge on any atom is 0.250 e. The summed E-state index contributed by atoms with van der Waals surface area (Å²) in [7, 11) is 0. The number of aromatic nitrogens is 2. The second kappa shape index (κ2) is 5.82. The smallest absolute Gasteiger partial charge is 0.250 e. The van der Waals surface area contributed by atoms with E-state index >= 15 is 0 Å². The Balaban J connectivity index is 2.00. The Morgan fingerprint density at radius 2 is 1.92 bits per heavy atom. The number of nitrogens with one attached hydrogen (secondary N) is 1. The maximum absolute atomic E-state index is 12.9. The normalized spacial score (nSPS) is 11.2. The predicted molar refractivity (Wildman–Crippen MR) is 93.6 cm³/mol. The van der Waals surface area contributed by atoms with Crippen molar-refractivity contribution in [2.45, 2.75) is 26.3 Å². The highest BCUT2D eigenvalue weighted by molar-refractivity contribution is 6.05. The molecule has 5 heteroatoms. The molecule has 0 spiro atoms. The van der Waals surface area contributed by atoms with Crippen LogP contribution < -0.4 is 5.32 Å². The molecular formula is C19H18N4O. The number of imidazole rings is 1. The lowest BCUT2D eigenvalue weighted by Crippen LogP contribution is -2.40. The minimum Gasteiger partial charge on any atom is -0.323 e. The van der Waals surface area contributed by atoms with Gasteiger partial charge in [0.1, 0.15) is 5.54 Å². The van der Waals surface area contributed by atoms with Gasteiger partial charge >= 0.3 is 0 Å². The number of anilines is 1. The zero-order valence-electron chi connectivity index (χ0n) is 13.9. The molecule has 0 atom stereocenters. The SMILES string of the molecule is Cc1cncn1C(C)(C)C(=O)Nc1ccc(C#N)c2ccccc12. The lowest BCUT2D eigenvalue weighted by Gasteiger charge is -2.27. The van der Waals surface area contributed by atoms with E-state index < -0.39 is 5.54 Å². The van der Waals surface area contributed by atoms with Crippen LogP contribution in [0.25, 0.3) is 10.8 Å². The number of nitrogens with zero attached hydrogens (tertiary/aromatic N) is 3. The molecule has 1 heterocycles. The molecule has 3 rings (SSSR count). The summed E-state index contributed by atoms with van der Waals surface area (Å²) in [4.78, 5) is 17.0. The third-order valence-corrected chi connectivity index (χ3v) is 4.27. The molecule has 0 radical (unpaired) electrons. The highest BCUT2D eigenvalue weighted by Crippen LogP contribution is 2.28. The van der Waals surface area contributed by atoms with Crippen LogP contribution in [0.2, 0.25) is 0 Å². The number of fused-ring (bicyclic) bond motifs is 1. The maximum atomic E-state index is 12.9. The van der Waals surface area contributed by atoms with Crippen molar-refractivity contribution < 1.29 is 4.79 Å². The summed E-state index contributed by atoms with van der Waals surface area (Å²) in [5, 5.41) is 13.9. The number of nitriles is 1. The van der Waals surface area contributed by atoms with Gasteiger partial charge in [-0.1, -0.05) is 24.3 Å². The van der Waals surface area contributed by atoms with Gasteiger partial charge in [-0.3, -0.25) is 4.79 Å². The van der Waals surface area contributed by atoms with Gasteiger partial charge in [0.25, 0.3) is 0 Å². The highest BCUT2D eigenvalue weighted by atomic mass is 16.2. The lowest BCUT2D eigenvalue weighted by atomic mass is 10.0. The molecular weight excluding hydrogens is 300 g/mol. The summed E-state index contributed by atoms with van der Waals surface area (Å²) in [6.07, 6.45) is 3.39. The Morgan fingerprint density at radius 1 is 1.21 bits per heavy atom. The second-order valence-corrected chi connectivity index (χ2v) is 6.24. The van der Waals surface area contributed by atoms with Gasteiger partial charge in [0, 0.05) is 28.4 Å². The van der Waals surface area contributed by atoms with E-state index in [-0.39, 0.29) is 5.91 Å². The Morgan fingerprint density at radius 3 is 2.54 bits per heavy atom. The molecule has 0 aliphatic heterocycles. The molecule has 1 amide bonds. The first-order chi connectivity index (χ1) is 11.4. The average molecular weight is 318 g/mol.